The number of anilines is 2. The van der Waals surface area contributed by atoms with E-state index >= 15 is 0 Å². The lowest BCUT2D eigenvalue weighted by atomic mass is 9.76. The van der Waals surface area contributed by atoms with Crippen LogP contribution >= 0.6 is 11.6 Å². The third-order valence-corrected chi connectivity index (χ3v) is 11.6. The largest absolute Gasteiger partial charge is 0.497 e. The van der Waals surface area contributed by atoms with Gasteiger partial charge in [0.1, 0.15) is 24.0 Å². The zero-order valence-electron chi connectivity index (χ0n) is 31.7. The van der Waals surface area contributed by atoms with E-state index in [1.54, 1.807) is 35.5 Å². The molecule has 7 nitrogen and oxygen atoms in total. The number of methoxy groups -OCH3 is 5. The summed E-state index contributed by atoms with van der Waals surface area (Å²) in [5, 5.41) is 0.792. The van der Waals surface area contributed by atoms with Gasteiger partial charge in [0.15, 0.2) is 5.72 Å². The van der Waals surface area contributed by atoms with Crippen LogP contribution in [0.5, 0.6) is 11.5 Å². The Morgan fingerprint density at radius 2 is 1.37 bits per heavy atom. The second-order valence-corrected chi connectivity index (χ2v) is 14.9. The number of aryl methyl sites for hydroxylation is 2. The van der Waals surface area contributed by atoms with Crippen molar-refractivity contribution < 1.29 is 23.7 Å². The van der Waals surface area contributed by atoms with Crippen LogP contribution in [0.2, 0.25) is 0 Å². The van der Waals surface area contributed by atoms with Gasteiger partial charge in [-0.15, -0.1) is 0 Å². The molecule has 3 unspecified atom stereocenters. The monoisotopic (exact) mass is 690 g/mol. The van der Waals surface area contributed by atoms with Crippen LogP contribution in [-0.4, -0.2) is 53.7 Å². The summed E-state index contributed by atoms with van der Waals surface area (Å²) in [7, 11) is 8.70. The zero-order chi connectivity index (χ0) is 36.1. The maximum atomic E-state index is 7.29. The van der Waals surface area contributed by atoms with Crippen molar-refractivity contribution in [3.63, 3.8) is 0 Å². The van der Waals surface area contributed by atoms with Gasteiger partial charge in [-0.05, 0) is 117 Å². The van der Waals surface area contributed by atoms with Crippen molar-refractivity contribution in [2.75, 3.05) is 45.3 Å². The van der Waals surface area contributed by atoms with E-state index in [1.807, 2.05) is 0 Å². The summed E-state index contributed by atoms with van der Waals surface area (Å²) in [5.74, 6) is 1.69. The number of fused-ring (bicyclic) bond motifs is 2. The minimum atomic E-state index is -0.843. The Labute approximate surface area is 299 Å². The van der Waals surface area contributed by atoms with Gasteiger partial charge in [0.2, 0.25) is 0 Å². The number of ether oxygens (including phenoxy) is 5. The first-order valence-electron chi connectivity index (χ1n) is 17.2. The van der Waals surface area contributed by atoms with E-state index in [-0.39, 0.29) is 17.9 Å². The van der Waals surface area contributed by atoms with Crippen molar-refractivity contribution in [1.82, 2.24) is 0 Å². The maximum absolute atomic E-state index is 7.29. The van der Waals surface area contributed by atoms with Gasteiger partial charge in [0.05, 0.1) is 19.9 Å². The van der Waals surface area contributed by atoms with Crippen LogP contribution in [0.25, 0.3) is 0 Å². The number of halogens is 1. The highest BCUT2D eigenvalue weighted by atomic mass is 35.5. The zero-order valence-corrected chi connectivity index (χ0v) is 32.5. The smallest absolute Gasteiger partial charge is 0.171 e. The van der Waals surface area contributed by atoms with E-state index in [4.69, 9.17) is 35.3 Å². The molecule has 0 spiro atoms. The molecule has 5 rings (SSSR count). The molecular formula is C41H55ClN2O5. The molecule has 8 heteroatoms. The molecule has 0 saturated carbocycles. The van der Waals surface area contributed by atoms with Gasteiger partial charge in [-0.3, -0.25) is 0 Å². The average molecular weight is 691 g/mol. The molecule has 1 aliphatic carbocycles. The van der Waals surface area contributed by atoms with Crippen molar-refractivity contribution in [1.29, 1.82) is 0 Å². The molecule has 3 aliphatic rings. The lowest BCUT2D eigenvalue weighted by molar-refractivity contribution is -0.0475. The molecule has 0 N–H and O–H groups in total. The Balaban J connectivity index is 1.59. The highest BCUT2D eigenvalue weighted by Crippen LogP contribution is 2.56. The molecule has 0 aromatic heterocycles. The van der Waals surface area contributed by atoms with E-state index in [1.165, 1.54) is 11.3 Å². The van der Waals surface area contributed by atoms with Crippen LogP contribution in [0, 0.1) is 13.8 Å². The molecule has 2 aromatic carbocycles. The fourth-order valence-electron chi connectivity index (χ4n) is 8.18. The number of nitrogens with zero attached hydrogens (tertiary/aromatic N) is 2. The number of rotatable bonds is 10. The Morgan fingerprint density at radius 1 is 0.776 bits per heavy atom. The van der Waals surface area contributed by atoms with Gasteiger partial charge < -0.3 is 33.5 Å². The van der Waals surface area contributed by atoms with Crippen LogP contribution in [0.1, 0.15) is 83.1 Å². The third-order valence-electron chi connectivity index (χ3n) is 11.1. The molecular weight excluding hydrogens is 636 g/mol. The van der Waals surface area contributed by atoms with Crippen LogP contribution in [-0.2, 0) is 25.0 Å². The van der Waals surface area contributed by atoms with Gasteiger partial charge in [-0.1, -0.05) is 51.4 Å². The average Bonchev–Trinajstić information content (AvgIpc) is 3.43. The van der Waals surface area contributed by atoms with Crippen molar-refractivity contribution in [2.24, 2.45) is 0 Å². The van der Waals surface area contributed by atoms with Crippen LogP contribution in [0.15, 0.2) is 70.4 Å². The van der Waals surface area contributed by atoms with E-state index in [2.05, 4.69) is 114 Å². The molecule has 0 saturated heterocycles. The van der Waals surface area contributed by atoms with E-state index in [9.17, 15) is 0 Å². The molecule has 0 bridgehead atoms. The predicted molar refractivity (Wildman–Crippen MR) is 201 cm³/mol. The SMILES string of the molecule is COc1cc(C)c2c(c1)C(C)(C)/C(=C/C=C1\CCCC(/C=C/C3(OC)N(C(C)OC)c4c(C)cc(OC)cc4C3(C)C)=C1Cl)N2C(C)OC. The van der Waals surface area contributed by atoms with E-state index < -0.39 is 11.1 Å². The molecule has 2 aliphatic heterocycles. The Morgan fingerprint density at radius 3 is 1.94 bits per heavy atom. The fourth-order valence-corrected chi connectivity index (χ4v) is 8.50. The highest BCUT2D eigenvalue weighted by Gasteiger charge is 2.58. The quantitative estimate of drug-likeness (QED) is 0.246. The minimum Gasteiger partial charge on any atom is -0.497 e. The fraction of sp³-hybridized carbons (Fsp3) is 0.512. The van der Waals surface area contributed by atoms with E-state index in [0.29, 0.717) is 0 Å². The second kappa shape index (κ2) is 13.8. The van der Waals surface area contributed by atoms with Crippen molar-refractivity contribution in [3.05, 3.63) is 92.7 Å². The molecule has 0 radical (unpaired) electrons. The molecule has 49 heavy (non-hydrogen) atoms. The topological polar surface area (TPSA) is 52.6 Å². The number of hydrogen-bond donors (Lipinski definition) is 0. The van der Waals surface area contributed by atoms with Crippen LogP contribution < -0.4 is 19.3 Å². The maximum Gasteiger partial charge on any atom is 0.171 e. The third kappa shape index (κ3) is 5.90. The molecule has 2 heterocycles. The summed E-state index contributed by atoms with van der Waals surface area (Å²) in [4.78, 5) is 4.57. The summed E-state index contributed by atoms with van der Waals surface area (Å²) in [6.07, 6.45) is 11.2. The second-order valence-electron chi connectivity index (χ2n) is 14.5. The number of hydrogen-bond acceptors (Lipinski definition) is 7. The summed E-state index contributed by atoms with van der Waals surface area (Å²) < 4.78 is 29.8. The first-order valence-corrected chi connectivity index (χ1v) is 17.6. The molecule has 0 fully saturated rings. The van der Waals surface area contributed by atoms with Gasteiger partial charge in [-0.25, -0.2) is 0 Å². The van der Waals surface area contributed by atoms with E-state index in [0.717, 1.165) is 75.0 Å². The van der Waals surface area contributed by atoms with Crippen LogP contribution in [0.3, 0.4) is 0 Å². The van der Waals surface area contributed by atoms with Gasteiger partial charge in [0.25, 0.3) is 0 Å². The van der Waals surface area contributed by atoms with Crippen molar-refractivity contribution in [3.8, 4) is 11.5 Å². The molecule has 0 amide bonds. The lowest BCUT2D eigenvalue weighted by Gasteiger charge is -2.46. The highest BCUT2D eigenvalue weighted by molar-refractivity contribution is 6.32. The first kappa shape index (κ1) is 37.0. The summed E-state index contributed by atoms with van der Waals surface area (Å²) in [6.45, 7) is 17.4. The number of benzene rings is 2. The van der Waals surface area contributed by atoms with Gasteiger partial charge in [0, 0.05) is 48.6 Å². The molecule has 2 aromatic rings. The minimum absolute atomic E-state index is 0.154. The lowest BCUT2D eigenvalue weighted by Crippen LogP contribution is -2.59. The Bertz CT molecular complexity index is 1720. The van der Waals surface area contributed by atoms with Crippen molar-refractivity contribution >= 4 is 23.0 Å². The Hall–Kier alpha value is -3.23. The van der Waals surface area contributed by atoms with Crippen molar-refractivity contribution in [2.45, 2.75) is 104 Å². The molecule has 266 valence electrons. The summed E-state index contributed by atoms with van der Waals surface area (Å²) >= 11 is 7.29. The number of allylic oxidation sites excluding steroid dienone is 7. The Kier molecular flexibility index (Phi) is 10.4. The molecule has 3 atom stereocenters. The first-order chi connectivity index (χ1) is 23.1. The summed E-state index contributed by atoms with van der Waals surface area (Å²) in [6, 6.07) is 8.44. The van der Waals surface area contributed by atoms with Gasteiger partial charge in [-0.2, -0.15) is 0 Å². The summed E-state index contributed by atoms with van der Waals surface area (Å²) in [5.41, 5.74) is 8.71. The van der Waals surface area contributed by atoms with Gasteiger partial charge >= 0.3 is 0 Å². The predicted octanol–water partition coefficient (Wildman–Crippen LogP) is 9.59. The van der Waals surface area contributed by atoms with Crippen LogP contribution in [0.4, 0.5) is 11.4 Å². The standard InChI is InChI=1S/C41H55ClN2O5/c1-25-21-31(47-11)23-33-37(25)43(27(3)45-9)35(39(33,5)6)18-17-29-15-14-16-30(36(29)42)19-20-41(49-13)40(7,8)34-24-32(48-12)22-26(2)38(34)44(41)28(4)46-10/h17-24,27-28H,14-16H2,1-13H3/b20-19+,29-17+,35-18-. The normalized spacial score (nSPS) is 24.2.